The second kappa shape index (κ2) is 3.92. The van der Waals surface area contributed by atoms with Gasteiger partial charge in [0.2, 0.25) is 5.60 Å². The van der Waals surface area contributed by atoms with E-state index in [4.69, 9.17) is 23.1 Å². The van der Waals surface area contributed by atoms with E-state index in [1.54, 1.807) is 25.2 Å². The van der Waals surface area contributed by atoms with Crippen LogP contribution in [0.25, 0.3) is 0 Å². The smallest absolute Gasteiger partial charge is 0.259 e. The number of nitrogens with two attached hydrogens (primary N) is 2. The van der Waals surface area contributed by atoms with E-state index in [0.29, 0.717) is 0 Å². The molecular weight excluding hydrogens is 232 g/mol. The molecule has 2 amide bonds. The standard InChI is InChI=1S/C10H13ClN2O3/c1-9(11)5-3-2-4-6(9)10(16,7(12)14)8(13)15/h2-6,16H,1H3,(H2,12,14)(H2,13,15). The molecular formula is C10H13ClN2O3. The number of aliphatic hydroxyl groups is 1. The predicted octanol–water partition coefficient (Wildman–Crippen LogP) is -0.572. The van der Waals surface area contributed by atoms with Crippen molar-refractivity contribution >= 4 is 23.4 Å². The summed E-state index contributed by atoms with van der Waals surface area (Å²) in [6.07, 6.45) is 6.19. The molecule has 5 nitrogen and oxygen atoms in total. The topological polar surface area (TPSA) is 106 Å². The molecule has 5 N–H and O–H groups in total. The lowest BCUT2D eigenvalue weighted by atomic mass is 9.75. The number of allylic oxidation sites excluding steroid dienone is 3. The highest BCUT2D eigenvalue weighted by molar-refractivity contribution is 6.26. The Morgan fingerprint density at radius 3 is 2.25 bits per heavy atom. The Balaban J connectivity index is 3.25. The van der Waals surface area contributed by atoms with E-state index in [0.717, 1.165) is 0 Å². The van der Waals surface area contributed by atoms with Gasteiger partial charge < -0.3 is 16.6 Å². The molecule has 1 aliphatic rings. The van der Waals surface area contributed by atoms with Gasteiger partial charge in [-0.05, 0) is 6.92 Å². The minimum atomic E-state index is -2.49. The molecule has 2 unspecified atom stereocenters. The van der Waals surface area contributed by atoms with Crippen LogP contribution in [0.4, 0.5) is 0 Å². The molecule has 6 heteroatoms. The minimum Gasteiger partial charge on any atom is -0.371 e. The number of amides is 2. The SMILES string of the molecule is CC1(Cl)C=CC=CC1C(O)(C(N)=O)C(N)=O. The third-order valence-electron chi connectivity index (χ3n) is 2.65. The van der Waals surface area contributed by atoms with Gasteiger partial charge in [-0.2, -0.15) is 0 Å². The van der Waals surface area contributed by atoms with Crippen molar-refractivity contribution in [3.8, 4) is 0 Å². The average molecular weight is 245 g/mol. The zero-order valence-corrected chi connectivity index (χ0v) is 9.44. The van der Waals surface area contributed by atoms with Gasteiger partial charge in [-0.3, -0.25) is 9.59 Å². The molecule has 0 fully saturated rings. The average Bonchev–Trinajstić information content (AvgIpc) is 2.15. The lowest BCUT2D eigenvalue weighted by Gasteiger charge is -2.37. The van der Waals surface area contributed by atoms with Crippen LogP contribution in [0.5, 0.6) is 0 Å². The molecule has 0 spiro atoms. The number of carbonyl (C=O) groups excluding carboxylic acids is 2. The number of carbonyl (C=O) groups is 2. The number of hydrogen-bond donors (Lipinski definition) is 3. The van der Waals surface area contributed by atoms with Gasteiger partial charge in [0, 0.05) is 5.92 Å². The summed E-state index contributed by atoms with van der Waals surface area (Å²) in [5.74, 6) is -3.42. The lowest BCUT2D eigenvalue weighted by molar-refractivity contribution is -0.154. The molecule has 16 heavy (non-hydrogen) atoms. The quantitative estimate of drug-likeness (QED) is 0.457. The highest BCUT2D eigenvalue weighted by atomic mass is 35.5. The molecule has 1 aliphatic carbocycles. The van der Waals surface area contributed by atoms with Crippen molar-refractivity contribution in [3.05, 3.63) is 24.3 Å². The van der Waals surface area contributed by atoms with Crippen LogP contribution in [-0.2, 0) is 9.59 Å². The minimum absolute atomic E-state index is 0.998. The second-order valence-corrected chi connectivity index (χ2v) is 4.68. The fourth-order valence-electron chi connectivity index (χ4n) is 1.69. The van der Waals surface area contributed by atoms with Crippen molar-refractivity contribution in [2.45, 2.75) is 17.4 Å². The molecule has 0 heterocycles. The summed E-state index contributed by atoms with van der Waals surface area (Å²) in [5.41, 5.74) is 7.55. The molecule has 0 aromatic heterocycles. The van der Waals surface area contributed by atoms with Crippen LogP contribution in [0.15, 0.2) is 24.3 Å². The fourth-order valence-corrected chi connectivity index (χ4v) is 1.99. The molecule has 2 atom stereocenters. The predicted molar refractivity (Wildman–Crippen MR) is 59.4 cm³/mol. The Kier molecular flexibility index (Phi) is 3.12. The second-order valence-electron chi connectivity index (χ2n) is 3.87. The number of alkyl halides is 1. The van der Waals surface area contributed by atoms with Gasteiger partial charge in [0.05, 0.1) is 4.87 Å². The molecule has 0 radical (unpaired) electrons. The van der Waals surface area contributed by atoms with Crippen molar-refractivity contribution in [2.24, 2.45) is 17.4 Å². The molecule has 1 rings (SSSR count). The summed E-state index contributed by atoms with van der Waals surface area (Å²) >= 11 is 6.10. The molecule has 0 aromatic rings. The zero-order chi connectivity index (χ0) is 12.6. The molecule has 0 bridgehead atoms. The first-order valence-corrected chi connectivity index (χ1v) is 4.98. The Morgan fingerprint density at radius 2 is 1.88 bits per heavy atom. The third kappa shape index (κ3) is 1.83. The van der Waals surface area contributed by atoms with Gasteiger partial charge in [0.1, 0.15) is 0 Å². The largest absolute Gasteiger partial charge is 0.371 e. The van der Waals surface area contributed by atoms with Gasteiger partial charge in [-0.25, -0.2) is 0 Å². The maximum absolute atomic E-state index is 11.2. The highest BCUT2D eigenvalue weighted by Crippen LogP contribution is 2.38. The van der Waals surface area contributed by atoms with E-state index in [1.807, 2.05) is 0 Å². The summed E-state index contributed by atoms with van der Waals surface area (Å²) in [6, 6.07) is 0. The molecule has 0 aromatic carbocycles. The van der Waals surface area contributed by atoms with Crippen molar-refractivity contribution in [3.63, 3.8) is 0 Å². The maximum atomic E-state index is 11.2. The Bertz CT molecular complexity index is 374. The fraction of sp³-hybridized carbons (Fsp3) is 0.400. The van der Waals surface area contributed by atoms with Crippen molar-refractivity contribution in [1.82, 2.24) is 0 Å². The van der Waals surface area contributed by atoms with Crippen molar-refractivity contribution in [1.29, 1.82) is 0 Å². The van der Waals surface area contributed by atoms with Gasteiger partial charge in [0.25, 0.3) is 11.8 Å². The van der Waals surface area contributed by atoms with Crippen LogP contribution in [0.3, 0.4) is 0 Å². The van der Waals surface area contributed by atoms with Crippen LogP contribution >= 0.6 is 11.6 Å². The molecule has 0 saturated carbocycles. The van der Waals surface area contributed by atoms with Crippen molar-refractivity contribution in [2.75, 3.05) is 0 Å². The van der Waals surface area contributed by atoms with Crippen LogP contribution in [0, 0.1) is 5.92 Å². The normalized spacial score (nSPS) is 29.1. The summed E-state index contributed by atoms with van der Waals surface area (Å²) in [6.45, 7) is 1.55. The molecule has 88 valence electrons. The number of primary amides is 2. The van der Waals surface area contributed by atoms with E-state index >= 15 is 0 Å². The van der Waals surface area contributed by atoms with Crippen LogP contribution in [0.1, 0.15) is 6.92 Å². The Labute approximate surface area is 97.7 Å². The maximum Gasteiger partial charge on any atom is 0.259 e. The zero-order valence-electron chi connectivity index (χ0n) is 8.68. The van der Waals surface area contributed by atoms with Gasteiger partial charge >= 0.3 is 0 Å². The highest BCUT2D eigenvalue weighted by Gasteiger charge is 2.53. The molecule has 0 saturated heterocycles. The van der Waals surface area contributed by atoms with Crippen LogP contribution in [0.2, 0.25) is 0 Å². The van der Waals surface area contributed by atoms with Gasteiger partial charge in [-0.15, -0.1) is 11.6 Å². The number of rotatable bonds is 3. The summed E-state index contributed by atoms with van der Waals surface area (Å²) in [4.78, 5) is 21.3. The van der Waals surface area contributed by atoms with Crippen molar-refractivity contribution < 1.29 is 14.7 Å². The van der Waals surface area contributed by atoms with E-state index in [9.17, 15) is 14.7 Å². The molecule has 0 aliphatic heterocycles. The monoisotopic (exact) mass is 244 g/mol. The number of hydrogen-bond acceptors (Lipinski definition) is 3. The summed E-state index contributed by atoms with van der Waals surface area (Å²) in [7, 11) is 0. The van der Waals surface area contributed by atoms with E-state index in [-0.39, 0.29) is 0 Å². The third-order valence-corrected chi connectivity index (χ3v) is 3.01. The van der Waals surface area contributed by atoms with Gasteiger partial charge in [0.15, 0.2) is 0 Å². The summed E-state index contributed by atoms with van der Waals surface area (Å²) < 4.78 is 0. The Morgan fingerprint density at radius 1 is 1.38 bits per heavy atom. The first kappa shape index (κ1) is 12.7. The van der Waals surface area contributed by atoms with E-state index < -0.39 is 28.2 Å². The summed E-state index contributed by atoms with van der Waals surface area (Å²) in [5, 5.41) is 10.0. The van der Waals surface area contributed by atoms with Crippen LogP contribution < -0.4 is 11.5 Å². The first-order valence-electron chi connectivity index (χ1n) is 4.60. The lowest BCUT2D eigenvalue weighted by Crippen LogP contribution is -2.62. The van der Waals surface area contributed by atoms with Crippen LogP contribution in [-0.4, -0.2) is 27.4 Å². The number of halogens is 1. The first-order chi connectivity index (χ1) is 7.23. The van der Waals surface area contributed by atoms with Gasteiger partial charge in [-0.1, -0.05) is 24.3 Å². The van der Waals surface area contributed by atoms with E-state index in [2.05, 4.69) is 0 Å². The van der Waals surface area contributed by atoms with E-state index in [1.165, 1.54) is 6.08 Å². The Hall–Kier alpha value is -1.33.